The van der Waals surface area contributed by atoms with Crippen LogP contribution < -0.4 is 21.3 Å². The number of nitrogens with zero attached hydrogens (tertiary/aromatic N) is 7. The van der Waals surface area contributed by atoms with Gasteiger partial charge >= 0.3 is 35.4 Å². The number of carbonyl (C=O) groups is 11. The number of carbonyl (C=O) groups excluding carboxylic acids is 11. The van der Waals surface area contributed by atoms with E-state index in [9.17, 15) is 56.3 Å². The van der Waals surface area contributed by atoms with Gasteiger partial charge in [-0.15, -0.1) is 0 Å². The van der Waals surface area contributed by atoms with Crippen molar-refractivity contribution in [3.63, 3.8) is 0 Å². The quantitative estimate of drug-likeness (QED) is 0.0598. The van der Waals surface area contributed by atoms with Gasteiger partial charge in [0.2, 0.25) is 29.4 Å². The van der Waals surface area contributed by atoms with Crippen LogP contribution in [0.25, 0.3) is 0 Å². The average Bonchev–Trinajstić information content (AvgIpc) is 0.827. The Morgan fingerprint density at radius 2 is 1.06 bits per heavy atom. The fraction of sp³-hybridized carbons (Fsp3) is 0.561. The molecule has 3 aromatic carbocycles. The summed E-state index contributed by atoms with van der Waals surface area (Å²) < 4.78 is 74.1. The highest BCUT2D eigenvalue weighted by Gasteiger charge is 2.42. The predicted octanol–water partition coefficient (Wildman–Crippen LogP) is 4.66. The number of likely N-dealkylation sites (N-methyl/N-ethyl adjacent to an activating group) is 7. The molecule has 9 atom stereocenters. The standard InChI is InChI=1S/C66H91ClF5N11O11/c1-16-38(6)47-35-78(10)63(91)64(92)83(15)66(94)65(93)81(13)50(33-42-22-24-43(67)25-23-42)61(89)82(14)62(90)58(86)75-45(27-26-44-51(68)53(70)55(72)54(71)52(44)69)56(84)76-46(30-36(2)3)59(87)80(12)49(32-41-20-18-17-19-21-41)60(88)79(11)48(31-37(4)5)57(85)74-39(7)28-29-77(9)40(8)34-73-47/h17-25,36-40,45-50,73H,16,26-35H2,1-15H3,(H,74,85)(H,75,86)(H,76,84)/t38-,39+,40-,45-,46-,47+,48-,49-,50-/m0/s1. The molecule has 28 heteroatoms. The van der Waals surface area contributed by atoms with E-state index >= 15 is 18.4 Å². The van der Waals surface area contributed by atoms with E-state index in [1.54, 1.807) is 44.2 Å². The summed E-state index contributed by atoms with van der Waals surface area (Å²) in [5.74, 6) is -26.3. The monoisotopic (exact) mass is 1340 g/mol. The molecule has 0 unspecified atom stereocenters. The maximum Gasteiger partial charge on any atom is 0.318 e. The van der Waals surface area contributed by atoms with Crippen molar-refractivity contribution in [2.24, 2.45) is 17.8 Å². The van der Waals surface area contributed by atoms with Crippen molar-refractivity contribution in [1.29, 1.82) is 0 Å². The maximum atomic E-state index is 15.3. The highest BCUT2D eigenvalue weighted by atomic mass is 35.5. The van der Waals surface area contributed by atoms with Crippen LogP contribution in [-0.4, -0.2) is 217 Å². The minimum atomic E-state index is -2.49. The Balaban J connectivity index is 1.91. The molecule has 1 aliphatic heterocycles. The third-order valence-electron chi connectivity index (χ3n) is 17.2. The molecule has 1 saturated heterocycles. The number of hydrogen-bond donors (Lipinski definition) is 4. The van der Waals surface area contributed by atoms with Crippen LogP contribution in [0.4, 0.5) is 22.0 Å². The lowest BCUT2D eigenvalue weighted by Gasteiger charge is -2.37. The van der Waals surface area contributed by atoms with Crippen molar-refractivity contribution in [3.8, 4) is 0 Å². The van der Waals surface area contributed by atoms with E-state index in [0.717, 1.165) is 30.9 Å². The molecule has 0 aliphatic carbocycles. The van der Waals surface area contributed by atoms with Gasteiger partial charge in [0.05, 0.1) is 0 Å². The van der Waals surface area contributed by atoms with Gasteiger partial charge in [-0.1, -0.05) is 102 Å². The van der Waals surface area contributed by atoms with Gasteiger partial charge in [0.25, 0.3) is 5.91 Å². The van der Waals surface area contributed by atoms with Gasteiger partial charge < -0.3 is 45.8 Å². The van der Waals surface area contributed by atoms with Crippen LogP contribution in [0.1, 0.15) is 104 Å². The molecule has 0 bridgehead atoms. The van der Waals surface area contributed by atoms with Crippen molar-refractivity contribution in [1.82, 2.24) is 55.6 Å². The lowest BCUT2D eigenvalue weighted by atomic mass is 9.97. The number of halogens is 6. The molecule has 1 fully saturated rings. The van der Waals surface area contributed by atoms with Gasteiger partial charge in [-0.2, -0.15) is 0 Å². The predicted molar refractivity (Wildman–Crippen MR) is 341 cm³/mol. The molecule has 1 aliphatic rings. The number of nitrogens with one attached hydrogen (secondary N) is 4. The molecule has 0 spiro atoms. The topological polar surface area (TPSA) is 259 Å². The summed E-state index contributed by atoms with van der Waals surface area (Å²) in [6, 6.07) is 5.28. The zero-order valence-electron chi connectivity index (χ0n) is 56.2. The molecule has 94 heavy (non-hydrogen) atoms. The van der Waals surface area contributed by atoms with E-state index < -0.39 is 167 Å². The van der Waals surface area contributed by atoms with Gasteiger partial charge in [-0.3, -0.25) is 62.5 Å². The lowest BCUT2D eigenvalue weighted by molar-refractivity contribution is -0.162. The fourth-order valence-electron chi connectivity index (χ4n) is 10.7. The number of benzene rings is 3. The molecule has 4 N–H and O–H groups in total. The molecule has 11 amide bonds. The fourth-order valence-corrected chi connectivity index (χ4v) is 10.8. The summed E-state index contributed by atoms with van der Waals surface area (Å²) in [6.07, 6.45) is -1.70. The third kappa shape index (κ3) is 20.8. The first-order chi connectivity index (χ1) is 43.9. The van der Waals surface area contributed by atoms with Gasteiger partial charge in [0.15, 0.2) is 23.3 Å². The highest BCUT2D eigenvalue weighted by molar-refractivity contribution is 6.45. The average molecular weight is 1340 g/mol. The van der Waals surface area contributed by atoms with Gasteiger partial charge in [0.1, 0.15) is 30.2 Å². The molecule has 3 aromatic rings. The first-order valence-electron chi connectivity index (χ1n) is 31.3. The summed E-state index contributed by atoms with van der Waals surface area (Å²) in [6.45, 7) is 15.7. The van der Waals surface area contributed by atoms with E-state index in [1.165, 1.54) is 50.3 Å². The molecule has 518 valence electrons. The molecule has 1 heterocycles. The Kier molecular flexibility index (Phi) is 29.7. The second-order valence-electron chi connectivity index (χ2n) is 25.3. The van der Waals surface area contributed by atoms with E-state index in [1.807, 2.05) is 48.6 Å². The summed E-state index contributed by atoms with van der Waals surface area (Å²) in [5, 5.41) is 11.4. The first-order valence-corrected chi connectivity index (χ1v) is 31.7. The van der Waals surface area contributed by atoms with E-state index in [-0.39, 0.29) is 64.1 Å². The van der Waals surface area contributed by atoms with Crippen LogP contribution >= 0.6 is 11.6 Å². The normalized spacial score (nSPS) is 23.5. The minimum absolute atomic E-state index is 0.0238. The highest BCUT2D eigenvalue weighted by Crippen LogP contribution is 2.26. The second kappa shape index (κ2) is 35.6. The zero-order chi connectivity index (χ0) is 70.9. The van der Waals surface area contributed by atoms with Crippen LogP contribution in [0.5, 0.6) is 0 Å². The molecule has 0 radical (unpaired) electrons. The first kappa shape index (κ1) is 78.5. The Morgan fingerprint density at radius 1 is 0.543 bits per heavy atom. The summed E-state index contributed by atoms with van der Waals surface area (Å²) >= 11 is 6.13. The zero-order valence-corrected chi connectivity index (χ0v) is 57.0. The van der Waals surface area contributed by atoms with Crippen LogP contribution in [-0.2, 0) is 72.0 Å². The number of rotatable bonds is 13. The SMILES string of the molecule is CC[C@H](C)[C@H]1CN(C)C(=O)C(=O)N(C)C(=O)C(=O)N(C)[C@@H](Cc2ccc(Cl)cc2)C(=O)N(C)C(=O)C(=O)N[C@@H](CCc2c(F)c(F)c(F)c(F)c2F)C(=O)N[C@@H](CC(C)C)C(=O)N(C)[C@@H](Cc2ccccc2)C(=O)N(C)[C@@H](CC(C)C)C(=O)N[C@H](C)CCN(C)[C@@H](C)CN1. The largest absolute Gasteiger partial charge is 0.352 e. The number of hydrogen-bond acceptors (Lipinski definition) is 13. The van der Waals surface area contributed by atoms with Gasteiger partial charge in [0, 0.05) is 103 Å². The van der Waals surface area contributed by atoms with E-state index in [0.29, 0.717) is 36.4 Å². The maximum absolute atomic E-state index is 15.3. The molecule has 0 aromatic heterocycles. The molecular weight excluding hydrogens is 1250 g/mol. The molecule has 4 rings (SSSR count). The van der Waals surface area contributed by atoms with E-state index in [2.05, 4.69) is 26.2 Å². The lowest BCUT2D eigenvalue weighted by Crippen LogP contribution is -2.60. The van der Waals surface area contributed by atoms with Crippen LogP contribution in [0, 0.1) is 46.8 Å². The molecular formula is C66H91ClF5N11O11. The summed E-state index contributed by atoms with van der Waals surface area (Å²) in [5.41, 5.74) is -0.552. The van der Waals surface area contributed by atoms with Gasteiger partial charge in [-0.25, -0.2) is 22.0 Å². The minimum Gasteiger partial charge on any atom is -0.352 e. The van der Waals surface area contributed by atoms with Gasteiger partial charge in [-0.05, 0) is 94.0 Å². The Labute approximate surface area is 551 Å². The number of amides is 11. The van der Waals surface area contributed by atoms with Crippen molar-refractivity contribution in [3.05, 3.63) is 105 Å². The summed E-state index contributed by atoms with van der Waals surface area (Å²) in [4.78, 5) is 165. The smallest absolute Gasteiger partial charge is 0.318 e. The Bertz CT molecular complexity index is 3190. The summed E-state index contributed by atoms with van der Waals surface area (Å²) in [7, 11) is 8.65. The second-order valence-corrected chi connectivity index (χ2v) is 25.7. The Morgan fingerprint density at radius 3 is 1.62 bits per heavy atom. The van der Waals surface area contributed by atoms with E-state index in [4.69, 9.17) is 11.6 Å². The van der Waals surface area contributed by atoms with Crippen LogP contribution in [0.2, 0.25) is 5.02 Å². The molecule has 22 nitrogen and oxygen atoms in total. The van der Waals surface area contributed by atoms with Crippen molar-refractivity contribution < 1.29 is 74.7 Å². The van der Waals surface area contributed by atoms with Crippen molar-refractivity contribution in [2.75, 3.05) is 69.0 Å². The third-order valence-corrected chi connectivity index (χ3v) is 17.5. The number of imide groups is 2. The molecule has 0 saturated carbocycles. The van der Waals surface area contributed by atoms with Crippen molar-refractivity contribution in [2.45, 2.75) is 155 Å². The van der Waals surface area contributed by atoms with Crippen molar-refractivity contribution >= 4 is 76.6 Å². The Hall–Kier alpha value is -7.91. The van der Waals surface area contributed by atoms with Crippen LogP contribution in [0.3, 0.4) is 0 Å². The van der Waals surface area contributed by atoms with Crippen LogP contribution in [0.15, 0.2) is 54.6 Å².